The molecular formula is C19H15ClN4O6. The van der Waals surface area contributed by atoms with Crippen molar-refractivity contribution in [3.8, 4) is 0 Å². The first-order valence-corrected chi connectivity index (χ1v) is 8.98. The molecule has 1 N–H and O–H groups in total. The van der Waals surface area contributed by atoms with Crippen LogP contribution in [0, 0.1) is 10.1 Å². The van der Waals surface area contributed by atoms with Gasteiger partial charge in [-0.15, -0.1) is 0 Å². The van der Waals surface area contributed by atoms with E-state index in [4.69, 9.17) is 16.3 Å². The highest BCUT2D eigenvalue weighted by molar-refractivity contribution is 6.34. The number of esters is 1. The van der Waals surface area contributed by atoms with Crippen molar-refractivity contribution >= 4 is 45.6 Å². The summed E-state index contributed by atoms with van der Waals surface area (Å²) in [5.74, 6) is -1.59. The van der Waals surface area contributed by atoms with E-state index >= 15 is 0 Å². The van der Waals surface area contributed by atoms with Gasteiger partial charge in [0.1, 0.15) is 0 Å². The third-order valence-electron chi connectivity index (χ3n) is 4.22. The van der Waals surface area contributed by atoms with Gasteiger partial charge in [-0.25, -0.2) is 9.48 Å². The molecular weight excluding hydrogens is 416 g/mol. The summed E-state index contributed by atoms with van der Waals surface area (Å²) in [5, 5.41) is 17.7. The Kier molecular flexibility index (Phi) is 5.79. The van der Waals surface area contributed by atoms with E-state index in [0.29, 0.717) is 5.39 Å². The van der Waals surface area contributed by atoms with Crippen LogP contribution in [0.25, 0.3) is 10.8 Å². The van der Waals surface area contributed by atoms with Crippen LogP contribution in [0.5, 0.6) is 0 Å². The van der Waals surface area contributed by atoms with Gasteiger partial charge in [-0.1, -0.05) is 29.8 Å². The number of nitrogens with one attached hydrogen (secondary N) is 1. The Morgan fingerprint density at radius 1 is 1.23 bits per heavy atom. The van der Waals surface area contributed by atoms with Crippen LogP contribution in [0.1, 0.15) is 17.4 Å². The van der Waals surface area contributed by atoms with Gasteiger partial charge in [-0.3, -0.25) is 19.7 Å². The molecule has 0 unspecified atom stereocenters. The summed E-state index contributed by atoms with van der Waals surface area (Å²) >= 11 is 5.95. The number of nitro groups is 1. The molecule has 0 saturated heterocycles. The summed E-state index contributed by atoms with van der Waals surface area (Å²) in [6.07, 6.45) is -1.23. The number of non-ortho nitro benzene ring substituents is 1. The second kappa shape index (κ2) is 8.29. The number of nitro benzene ring substituents is 1. The zero-order chi connectivity index (χ0) is 22.0. The number of anilines is 1. The summed E-state index contributed by atoms with van der Waals surface area (Å²) < 4.78 is 6.21. The van der Waals surface area contributed by atoms with Crippen molar-refractivity contribution in [2.45, 2.75) is 13.0 Å². The number of aromatic nitrogens is 2. The van der Waals surface area contributed by atoms with Crippen molar-refractivity contribution in [3.05, 3.63) is 73.6 Å². The molecule has 1 atom stereocenters. The van der Waals surface area contributed by atoms with Gasteiger partial charge in [-0.05, 0) is 19.1 Å². The summed E-state index contributed by atoms with van der Waals surface area (Å²) in [6.45, 7) is 1.34. The molecule has 3 aromatic rings. The summed E-state index contributed by atoms with van der Waals surface area (Å²) in [7, 11) is 1.40. The van der Waals surface area contributed by atoms with E-state index in [-0.39, 0.29) is 33.0 Å². The van der Waals surface area contributed by atoms with Gasteiger partial charge in [0.15, 0.2) is 11.8 Å². The van der Waals surface area contributed by atoms with Gasteiger partial charge in [0, 0.05) is 24.6 Å². The van der Waals surface area contributed by atoms with E-state index in [1.165, 1.54) is 26.1 Å². The molecule has 11 heteroatoms. The number of carbonyl (C=O) groups is 2. The lowest BCUT2D eigenvalue weighted by molar-refractivity contribution is -0.384. The highest BCUT2D eigenvalue weighted by Gasteiger charge is 2.23. The first kappa shape index (κ1) is 20.9. The predicted octanol–water partition coefficient (Wildman–Crippen LogP) is 2.68. The molecule has 0 radical (unpaired) electrons. The maximum Gasteiger partial charge on any atom is 0.360 e. The second-order valence-electron chi connectivity index (χ2n) is 6.28. The molecule has 0 aliphatic carbocycles. The number of hydrogen-bond acceptors (Lipinski definition) is 7. The van der Waals surface area contributed by atoms with E-state index in [0.717, 1.165) is 10.7 Å². The second-order valence-corrected chi connectivity index (χ2v) is 6.69. The number of halogens is 1. The summed E-state index contributed by atoms with van der Waals surface area (Å²) in [5.41, 5.74) is -0.590. The van der Waals surface area contributed by atoms with Crippen LogP contribution in [0.3, 0.4) is 0 Å². The summed E-state index contributed by atoms with van der Waals surface area (Å²) in [4.78, 5) is 47.3. The maximum absolute atomic E-state index is 12.6. The molecule has 0 aliphatic heterocycles. The Hall–Kier alpha value is -3.79. The Morgan fingerprint density at radius 3 is 2.53 bits per heavy atom. The largest absolute Gasteiger partial charge is 0.448 e. The maximum atomic E-state index is 12.6. The normalized spacial score (nSPS) is 11.7. The molecule has 10 nitrogen and oxygen atoms in total. The number of nitrogens with zero attached hydrogens (tertiary/aromatic N) is 3. The predicted molar refractivity (Wildman–Crippen MR) is 109 cm³/mol. The molecule has 1 aromatic heterocycles. The molecule has 2 aromatic carbocycles. The minimum Gasteiger partial charge on any atom is -0.448 e. The molecule has 1 amide bonds. The number of rotatable bonds is 5. The Balaban J connectivity index is 1.79. The number of benzene rings is 2. The zero-order valence-electron chi connectivity index (χ0n) is 15.8. The fourth-order valence-corrected chi connectivity index (χ4v) is 2.90. The Labute approximate surface area is 174 Å². The minimum atomic E-state index is -1.23. The van der Waals surface area contributed by atoms with E-state index in [2.05, 4.69) is 10.4 Å². The monoisotopic (exact) mass is 430 g/mol. The average Bonchev–Trinajstić information content (AvgIpc) is 2.71. The molecule has 0 saturated carbocycles. The van der Waals surface area contributed by atoms with Crippen molar-refractivity contribution in [2.75, 3.05) is 5.32 Å². The van der Waals surface area contributed by atoms with Crippen LogP contribution in [0.2, 0.25) is 5.02 Å². The minimum absolute atomic E-state index is 0.0400. The van der Waals surface area contributed by atoms with E-state index in [1.807, 2.05) is 0 Å². The molecule has 0 fully saturated rings. The van der Waals surface area contributed by atoms with Gasteiger partial charge in [-0.2, -0.15) is 5.10 Å². The highest BCUT2D eigenvalue weighted by atomic mass is 35.5. The molecule has 0 bridgehead atoms. The van der Waals surface area contributed by atoms with E-state index < -0.39 is 22.9 Å². The van der Waals surface area contributed by atoms with Crippen LogP contribution in [0.4, 0.5) is 11.4 Å². The summed E-state index contributed by atoms with van der Waals surface area (Å²) in [6, 6.07) is 9.96. The van der Waals surface area contributed by atoms with Crippen molar-refractivity contribution < 1.29 is 19.2 Å². The Bertz CT molecular complexity index is 1240. The number of ether oxygens (including phenoxy) is 1. The smallest absolute Gasteiger partial charge is 0.360 e. The molecule has 30 heavy (non-hydrogen) atoms. The number of amides is 1. The van der Waals surface area contributed by atoms with Crippen LogP contribution >= 0.6 is 11.6 Å². The fraction of sp³-hybridized carbons (Fsp3) is 0.158. The van der Waals surface area contributed by atoms with Crippen LogP contribution in [-0.4, -0.2) is 32.7 Å². The standard InChI is InChI=1S/C19H15ClN4O6/c1-10(17(25)21-15-8-7-11(24(28)29)9-14(15)20)30-19(27)16-12-5-3-4-6-13(12)18(26)23(2)22-16/h3-10H,1-2H3,(H,21,25)/t10-/m1/s1. The van der Waals surface area contributed by atoms with Crippen LogP contribution < -0.4 is 10.9 Å². The lowest BCUT2D eigenvalue weighted by Gasteiger charge is -2.15. The van der Waals surface area contributed by atoms with Crippen molar-refractivity contribution in [2.24, 2.45) is 7.05 Å². The number of carbonyl (C=O) groups excluding carboxylic acids is 2. The van der Waals surface area contributed by atoms with Crippen molar-refractivity contribution in [1.82, 2.24) is 9.78 Å². The molecule has 3 rings (SSSR count). The fourth-order valence-electron chi connectivity index (χ4n) is 2.67. The van der Waals surface area contributed by atoms with Crippen LogP contribution in [0.15, 0.2) is 47.3 Å². The molecule has 0 spiro atoms. The van der Waals surface area contributed by atoms with Gasteiger partial charge >= 0.3 is 5.97 Å². The zero-order valence-corrected chi connectivity index (χ0v) is 16.5. The van der Waals surface area contributed by atoms with Crippen molar-refractivity contribution in [1.29, 1.82) is 0 Å². The molecule has 154 valence electrons. The Morgan fingerprint density at radius 2 is 1.90 bits per heavy atom. The first-order chi connectivity index (χ1) is 14.2. The highest BCUT2D eigenvalue weighted by Crippen LogP contribution is 2.27. The van der Waals surface area contributed by atoms with E-state index in [9.17, 15) is 24.5 Å². The number of hydrogen-bond donors (Lipinski definition) is 1. The van der Waals surface area contributed by atoms with Crippen molar-refractivity contribution in [3.63, 3.8) is 0 Å². The quantitative estimate of drug-likeness (QED) is 0.373. The van der Waals surface area contributed by atoms with Gasteiger partial charge in [0.05, 0.1) is 21.0 Å². The van der Waals surface area contributed by atoms with Crippen LogP contribution in [-0.2, 0) is 16.6 Å². The third-order valence-corrected chi connectivity index (χ3v) is 4.54. The lowest BCUT2D eigenvalue weighted by atomic mass is 10.1. The third kappa shape index (κ3) is 4.13. The molecule has 0 aliphatic rings. The van der Waals surface area contributed by atoms with Gasteiger partial charge < -0.3 is 10.1 Å². The molecule has 1 heterocycles. The number of aryl methyl sites for hydroxylation is 1. The SMILES string of the molecule is C[C@@H](OC(=O)c1nn(C)c(=O)c2ccccc12)C(=O)Nc1ccc([N+](=O)[O-])cc1Cl. The number of fused-ring (bicyclic) bond motifs is 1. The van der Waals surface area contributed by atoms with E-state index in [1.54, 1.807) is 24.3 Å². The van der Waals surface area contributed by atoms with Gasteiger partial charge in [0.2, 0.25) is 0 Å². The first-order valence-electron chi connectivity index (χ1n) is 8.61. The average molecular weight is 431 g/mol. The van der Waals surface area contributed by atoms with Gasteiger partial charge in [0.25, 0.3) is 17.2 Å². The lowest BCUT2D eigenvalue weighted by Crippen LogP contribution is -2.31. The topological polar surface area (TPSA) is 133 Å².